The zero-order valence-corrected chi connectivity index (χ0v) is 16.8. The Hall–Kier alpha value is -4.14. The molecule has 1 saturated heterocycles. The molecular weight excluding hydrogens is 416 g/mol. The molecule has 2 aromatic rings. The van der Waals surface area contributed by atoms with Crippen molar-refractivity contribution in [2.75, 3.05) is 11.5 Å². The van der Waals surface area contributed by atoms with E-state index in [0.717, 1.165) is 4.90 Å². The van der Waals surface area contributed by atoms with E-state index in [1.54, 1.807) is 12.1 Å². The highest BCUT2D eigenvalue weighted by molar-refractivity contribution is 6.24. The van der Waals surface area contributed by atoms with Gasteiger partial charge in [-0.15, -0.1) is 0 Å². The van der Waals surface area contributed by atoms with Crippen LogP contribution < -0.4 is 4.90 Å². The second-order valence-corrected chi connectivity index (χ2v) is 7.49. The number of nitrogens with zero attached hydrogens (tertiary/aromatic N) is 2. The van der Waals surface area contributed by atoms with Crippen LogP contribution in [0.4, 0.5) is 11.4 Å². The molecule has 0 N–H and O–H groups in total. The minimum Gasteiger partial charge on any atom is -0.454 e. The monoisotopic (exact) mass is 434 g/mol. The Labute approximate surface area is 182 Å². The molecule has 32 heavy (non-hydrogen) atoms. The van der Waals surface area contributed by atoms with Crippen molar-refractivity contribution >= 4 is 34.9 Å². The van der Waals surface area contributed by atoms with Crippen LogP contribution in [-0.4, -0.2) is 35.1 Å². The molecule has 4 rings (SSSR count). The summed E-state index contributed by atoms with van der Waals surface area (Å²) in [4.78, 5) is 61.9. The summed E-state index contributed by atoms with van der Waals surface area (Å²) in [6, 6.07) is 11.0. The summed E-state index contributed by atoms with van der Waals surface area (Å²) in [7, 11) is 0. The van der Waals surface area contributed by atoms with Gasteiger partial charge < -0.3 is 4.74 Å². The van der Waals surface area contributed by atoms with Crippen LogP contribution in [0.3, 0.4) is 0 Å². The summed E-state index contributed by atoms with van der Waals surface area (Å²) in [6.07, 6.45) is 4.70. The number of imide groups is 1. The third kappa shape index (κ3) is 3.80. The van der Waals surface area contributed by atoms with Gasteiger partial charge in [0.1, 0.15) is 0 Å². The summed E-state index contributed by atoms with van der Waals surface area (Å²) in [5.41, 5.74) is 0.114. The number of hydrogen-bond acceptors (Lipinski definition) is 7. The van der Waals surface area contributed by atoms with E-state index in [9.17, 15) is 29.3 Å². The standard InChI is InChI=1S/C23H18N2O7/c26-20(14-9-11-15(12-10-14)25(30)31)13-32-23(29)18-7-3-4-8-19(18)24-21(27)16-5-1-2-6-17(16)22(24)28/h1-4,7-12,16-17H,5-6,13H2/t16-,17+. The van der Waals surface area contributed by atoms with E-state index >= 15 is 0 Å². The van der Waals surface area contributed by atoms with Crippen LogP contribution in [0.2, 0.25) is 0 Å². The Balaban J connectivity index is 1.50. The van der Waals surface area contributed by atoms with E-state index in [1.165, 1.54) is 36.4 Å². The van der Waals surface area contributed by atoms with Crippen LogP contribution in [0, 0.1) is 22.0 Å². The molecular formula is C23H18N2O7. The summed E-state index contributed by atoms with van der Waals surface area (Å²) >= 11 is 0. The molecule has 9 nitrogen and oxygen atoms in total. The highest BCUT2D eigenvalue weighted by atomic mass is 16.6. The van der Waals surface area contributed by atoms with Crippen molar-refractivity contribution < 1.29 is 28.8 Å². The van der Waals surface area contributed by atoms with E-state index in [2.05, 4.69) is 0 Å². The summed E-state index contributed by atoms with van der Waals surface area (Å²) in [6.45, 7) is -0.595. The number of hydrogen-bond donors (Lipinski definition) is 0. The molecule has 1 heterocycles. The molecule has 0 radical (unpaired) electrons. The normalized spacial score (nSPS) is 19.6. The third-order valence-electron chi connectivity index (χ3n) is 5.61. The van der Waals surface area contributed by atoms with Crippen LogP contribution in [0.1, 0.15) is 33.6 Å². The number of allylic oxidation sites excluding steroid dienone is 2. The van der Waals surface area contributed by atoms with Crippen molar-refractivity contribution in [1.29, 1.82) is 0 Å². The number of non-ortho nitro benzene ring substituents is 1. The Morgan fingerprint density at radius 1 is 0.969 bits per heavy atom. The first-order valence-electron chi connectivity index (χ1n) is 9.95. The minimum atomic E-state index is -0.857. The van der Waals surface area contributed by atoms with E-state index in [1.807, 2.05) is 12.2 Å². The molecule has 0 aromatic heterocycles. The first kappa shape index (κ1) is 21.1. The van der Waals surface area contributed by atoms with Gasteiger partial charge in [-0.3, -0.25) is 24.5 Å². The molecule has 1 aliphatic carbocycles. The molecule has 1 aliphatic heterocycles. The number of nitro benzene ring substituents is 1. The number of amides is 2. The molecule has 0 spiro atoms. The van der Waals surface area contributed by atoms with Gasteiger partial charge in [-0.25, -0.2) is 9.69 Å². The number of carbonyl (C=O) groups excluding carboxylic acids is 4. The van der Waals surface area contributed by atoms with Gasteiger partial charge in [-0.05, 0) is 37.1 Å². The average Bonchev–Trinajstić information content (AvgIpc) is 3.07. The summed E-state index contributed by atoms with van der Waals surface area (Å²) in [5.74, 6) is -3.00. The second kappa shape index (κ2) is 8.54. The molecule has 2 atom stereocenters. The van der Waals surface area contributed by atoms with Crippen molar-refractivity contribution in [2.24, 2.45) is 11.8 Å². The van der Waals surface area contributed by atoms with E-state index < -0.39 is 35.1 Å². The Bertz CT molecular complexity index is 1130. The zero-order valence-electron chi connectivity index (χ0n) is 16.8. The SMILES string of the molecule is O=C(COC(=O)c1ccccc1N1C(=O)[C@H]2CC=CC[C@H]2C1=O)c1ccc([N+](=O)[O-])cc1. The summed E-state index contributed by atoms with van der Waals surface area (Å²) < 4.78 is 5.13. The number of benzene rings is 2. The Kier molecular flexibility index (Phi) is 5.63. The van der Waals surface area contributed by atoms with Gasteiger partial charge >= 0.3 is 5.97 Å². The maximum absolute atomic E-state index is 12.9. The number of nitro groups is 1. The molecule has 0 bridgehead atoms. The zero-order chi connectivity index (χ0) is 22.8. The van der Waals surface area contributed by atoms with Crippen molar-refractivity contribution in [1.82, 2.24) is 0 Å². The predicted molar refractivity (Wildman–Crippen MR) is 112 cm³/mol. The molecule has 2 aromatic carbocycles. The van der Waals surface area contributed by atoms with Gasteiger partial charge in [-0.2, -0.15) is 0 Å². The number of anilines is 1. The van der Waals surface area contributed by atoms with E-state index in [4.69, 9.17) is 4.74 Å². The Morgan fingerprint density at radius 2 is 1.56 bits per heavy atom. The number of ketones is 1. The first-order valence-corrected chi connectivity index (χ1v) is 9.95. The second-order valence-electron chi connectivity index (χ2n) is 7.49. The molecule has 9 heteroatoms. The van der Waals surface area contributed by atoms with Crippen LogP contribution in [0.15, 0.2) is 60.7 Å². The van der Waals surface area contributed by atoms with Gasteiger partial charge in [0, 0.05) is 17.7 Å². The number of Topliss-reactive ketones (excluding diaryl/α,β-unsaturated/α-hetero) is 1. The maximum Gasteiger partial charge on any atom is 0.340 e. The first-order chi connectivity index (χ1) is 15.4. The van der Waals surface area contributed by atoms with Crippen LogP contribution in [0.5, 0.6) is 0 Å². The van der Waals surface area contributed by atoms with Gasteiger partial charge in [0.25, 0.3) is 5.69 Å². The van der Waals surface area contributed by atoms with Crippen molar-refractivity contribution in [3.05, 3.63) is 81.9 Å². The smallest absolute Gasteiger partial charge is 0.340 e. The average molecular weight is 434 g/mol. The third-order valence-corrected chi connectivity index (χ3v) is 5.61. The fourth-order valence-electron chi connectivity index (χ4n) is 3.94. The molecule has 1 fully saturated rings. The lowest BCUT2D eigenvalue weighted by molar-refractivity contribution is -0.384. The van der Waals surface area contributed by atoms with Gasteiger partial charge in [0.05, 0.1) is 28.0 Å². The predicted octanol–water partition coefficient (Wildman–Crippen LogP) is 3.09. The lowest BCUT2D eigenvalue weighted by Crippen LogP contribution is -2.32. The van der Waals surface area contributed by atoms with Crippen LogP contribution in [0.25, 0.3) is 0 Å². The number of para-hydroxylation sites is 1. The number of esters is 1. The lowest BCUT2D eigenvalue weighted by Gasteiger charge is -2.18. The number of fused-ring (bicyclic) bond motifs is 1. The number of carbonyl (C=O) groups is 4. The van der Waals surface area contributed by atoms with E-state index in [0.29, 0.717) is 12.8 Å². The van der Waals surface area contributed by atoms with Crippen molar-refractivity contribution in [3.8, 4) is 0 Å². The number of rotatable bonds is 6. The molecule has 0 unspecified atom stereocenters. The Morgan fingerprint density at radius 3 is 2.16 bits per heavy atom. The highest BCUT2D eigenvalue weighted by Crippen LogP contribution is 2.38. The van der Waals surface area contributed by atoms with Gasteiger partial charge in [-0.1, -0.05) is 24.3 Å². The largest absolute Gasteiger partial charge is 0.454 e. The van der Waals surface area contributed by atoms with Gasteiger partial charge in [0.15, 0.2) is 12.4 Å². The quantitative estimate of drug-likeness (QED) is 0.171. The molecule has 2 aliphatic rings. The fourth-order valence-corrected chi connectivity index (χ4v) is 3.94. The van der Waals surface area contributed by atoms with E-state index in [-0.39, 0.29) is 34.3 Å². The minimum absolute atomic E-state index is 0.00249. The highest BCUT2D eigenvalue weighted by Gasteiger charge is 2.48. The summed E-state index contributed by atoms with van der Waals surface area (Å²) in [5, 5.41) is 10.7. The topological polar surface area (TPSA) is 124 Å². The maximum atomic E-state index is 12.9. The molecule has 162 valence electrons. The van der Waals surface area contributed by atoms with Crippen molar-refractivity contribution in [3.63, 3.8) is 0 Å². The van der Waals surface area contributed by atoms with Crippen LogP contribution in [-0.2, 0) is 14.3 Å². The fraction of sp³-hybridized carbons (Fsp3) is 0.217. The molecule has 2 amide bonds. The van der Waals surface area contributed by atoms with Crippen LogP contribution >= 0.6 is 0 Å². The number of ether oxygens (including phenoxy) is 1. The molecule has 0 saturated carbocycles. The lowest BCUT2D eigenvalue weighted by atomic mass is 9.85. The van der Waals surface area contributed by atoms with Gasteiger partial charge in [0.2, 0.25) is 11.8 Å². The van der Waals surface area contributed by atoms with Crippen molar-refractivity contribution in [2.45, 2.75) is 12.8 Å².